The number of likely N-dealkylation sites (N-methyl/N-ethyl adjacent to an activating group) is 3. The van der Waals surface area contributed by atoms with E-state index in [0.717, 1.165) is 19.5 Å². The van der Waals surface area contributed by atoms with Crippen LogP contribution < -0.4 is 5.32 Å². The van der Waals surface area contributed by atoms with Crippen LogP contribution in [-0.2, 0) is 4.79 Å². The third-order valence-corrected chi connectivity index (χ3v) is 5.05. The third kappa shape index (κ3) is 4.66. The lowest BCUT2D eigenvalue weighted by atomic mass is 9.75. The maximum absolute atomic E-state index is 11.4. The van der Waals surface area contributed by atoms with Gasteiger partial charge in [0.2, 0.25) is 0 Å². The van der Waals surface area contributed by atoms with E-state index in [1.165, 1.54) is 19.3 Å². The molecule has 0 amide bonds. The Bertz CT molecular complexity index is 342. The van der Waals surface area contributed by atoms with E-state index in [2.05, 4.69) is 36.3 Å². The summed E-state index contributed by atoms with van der Waals surface area (Å²) in [4.78, 5) is 16.1. The number of hydrogen-bond acceptors (Lipinski definition) is 4. The van der Waals surface area contributed by atoms with Crippen LogP contribution in [0.1, 0.15) is 46.0 Å². The number of carbonyl (C=O) groups is 1. The largest absolute Gasteiger partial charge is 0.480 e. The predicted molar refractivity (Wildman–Crippen MR) is 86.7 cm³/mol. The van der Waals surface area contributed by atoms with Gasteiger partial charge < -0.3 is 20.2 Å². The summed E-state index contributed by atoms with van der Waals surface area (Å²) < 4.78 is 0. The van der Waals surface area contributed by atoms with Gasteiger partial charge in [-0.25, -0.2) is 0 Å². The van der Waals surface area contributed by atoms with Crippen LogP contribution in [0.3, 0.4) is 0 Å². The molecule has 21 heavy (non-hydrogen) atoms. The lowest BCUT2D eigenvalue weighted by Crippen LogP contribution is -2.56. The summed E-state index contributed by atoms with van der Waals surface area (Å²) >= 11 is 0. The third-order valence-electron chi connectivity index (χ3n) is 5.05. The number of hydrogen-bond donors (Lipinski definition) is 2. The molecule has 0 aliphatic heterocycles. The summed E-state index contributed by atoms with van der Waals surface area (Å²) in [6, 6.07) is 0. The van der Waals surface area contributed by atoms with Crippen LogP contribution in [0.5, 0.6) is 0 Å². The topological polar surface area (TPSA) is 55.8 Å². The molecule has 5 heteroatoms. The average molecular weight is 299 g/mol. The minimum absolute atomic E-state index is 0.340. The first-order valence-corrected chi connectivity index (χ1v) is 8.10. The molecule has 0 heterocycles. The van der Waals surface area contributed by atoms with Crippen molar-refractivity contribution < 1.29 is 9.90 Å². The summed E-state index contributed by atoms with van der Waals surface area (Å²) in [5, 5.41) is 12.4. The van der Waals surface area contributed by atoms with Gasteiger partial charge in [-0.15, -0.1) is 0 Å². The van der Waals surface area contributed by atoms with Gasteiger partial charge in [-0.1, -0.05) is 6.92 Å². The molecule has 1 atom stereocenters. The molecule has 1 rings (SSSR count). The van der Waals surface area contributed by atoms with Crippen LogP contribution in [0.25, 0.3) is 0 Å². The zero-order chi connectivity index (χ0) is 16.1. The van der Waals surface area contributed by atoms with Crippen molar-refractivity contribution in [1.29, 1.82) is 0 Å². The highest BCUT2D eigenvalue weighted by atomic mass is 16.4. The van der Waals surface area contributed by atoms with E-state index in [4.69, 9.17) is 0 Å². The average Bonchev–Trinajstić information content (AvgIpc) is 2.33. The highest BCUT2D eigenvalue weighted by Gasteiger charge is 2.39. The summed E-state index contributed by atoms with van der Waals surface area (Å²) in [6.45, 7) is 6.44. The van der Waals surface area contributed by atoms with Crippen LogP contribution in [0.15, 0.2) is 0 Å². The lowest BCUT2D eigenvalue weighted by Gasteiger charge is -2.49. The number of nitrogens with zero attached hydrogens (tertiary/aromatic N) is 2. The van der Waals surface area contributed by atoms with Crippen LogP contribution in [0.2, 0.25) is 0 Å². The molecule has 5 nitrogen and oxygen atoms in total. The van der Waals surface area contributed by atoms with E-state index in [1.54, 1.807) is 6.92 Å². The fraction of sp³-hybridized carbons (Fsp3) is 0.938. The normalized spacial score (nSPS) is 20.3. The fourth-order valence-electron chi connectivity index (χ4n) is 3.28. The Kier molecular flexibility index (Phi) is 6.63. The van der Waals surface area contributed by atoms with Crippen molar-refractivity contribution in [1.82, 2.24) is 15.1 Å². The SMILES string of the molecule is CCNC(C)(CCCN(C)CC1(N(C)C)CCC1)C(=O)O. The molecule has 0 radical (unpaired) electrons. The van der Waals surface area contributed by atoms with Crippen molar-refractivity contribution in [2.75, 3.05) is 40.8 Å². The number of rotatable bonds is 10. The molecule has 1 saturated carbocycles. The van der Waals surface area contributed by atoms with Crippen molar-refractivity contribution in [2.45, 2.75) is 57.0 Å². The first-order chi connectivity index (χ1) is 9.76. The molecule has 1 fully saturated rings. The maximum atomic E-state index is 11.4. The first-order valence-electron chi connectivity index (χ1n) is 8.10. The molecular formula is C16H33N3O2. The van der Waals surface area contributed by atoms with E-state index < -0.39 is 11.5 Å². The zero-order valence-electron chi connectivity index (χ0n) is 14.4. The molecule has 0 aromatic rings. The Morgan fingerprint density at radius 1 is 1.33 bits per heavy atom. The first kappa shape index (κ1) is 18.4. The van der Waals surface area contributed by atoms with E-state index in [1.807, 2.05) is 6.92 Å². The van der Waals surface area contributed by atoms with Gasteiger partial charge >= 0.3 is 5.97 Å². The van der Waals surface area contributed by atoms with Crippen LogP contribution >= 0.6 is 0 Å². The summed E-state index contributed by atoms with van der Waals surface area (Å²) in [5.74, 6) is -0.754. The molecule has 124 valence electrons. The quantitative estimate of drug-likeness (QED) is 0.642. The molecular weight excluding hydrogens is 266 g/mol. The highest BCUT2D eigenvalue weighted by molar-refractivity contribution is 5.78. The smallest absolute Gasteiger partial charge is 0.323 e. The highest BCUT2D eigenvalue weighted by Crippen LogP contribution is 2.36. The Hall–Kier alpha value is -0.650. The standard InChI is InChI=1S/C16H33N3O2/c1-6-17-15(2,14(20)21)9-8-12-19(5)13-16(18(3)4)10-7-11-16/h17H,6-13H2,1-5H3,(H,20,21). The van der Waals surface area contributed by atoms with Crippen molar-refractivity contribution in [3.63, 3.8) is 0 Å². The van der Waals surface area contributed by atoms with Crippen molar-refractivity contribution in [3.05, 3.63) is 0 Å². The summed E-state index contributed by atoms with van der Waals surface area (Å²) in [6.07, 6.45) is 5.43. The molecule has 0 spiro atoms. The number of carboxylic acid groups (broad SMARTS) is 1. The second-order valence-electron chi connectivity index (χ2n) is 6.98. The zero-order valence-corrected chi connectivity index (χ0v) is 14.4. The Morgan fingerprint density at radius 3 is 2.33 bits per heavy atom. The van der Waals surface area contributed by atoms with E-state index >= 15 is 0 Å². The van der Waals surface area contributed by atoms with Gasteiger partial charge in [0.1, 0.15) is 5.54 Å². The lowest BCUT2D eigenvalue weighted by molar-refractivity contribution is -0.144. The molecule has 0 aromatic carbocycles. The fourth-order valence-corrected chi connectivity index (χ4v) is 3.28. The summed E-state index contributed by atoms with van der Waals surface area (Å²) in [7, 11) is 6.48. The summed E-state index contributed by atoms with van der Waals surface area (Å²) in [5.41, 5.74) is -0.461. The predicted octanol–water partition coefficient (Wildman–Crippen LogP) is 1.64. The molecule has 1 unspecified atom stereocenters. The minimum Gasteiger partial charge on any atom is -0.480 e. The molecule has 0 bridgehead atoms. The van der Waals surface area contributed by atoms with Gasteiger partial charge in [-0.05, 0) is 73.3 Å². The number of nitrogens with one attached hydrogen (secondary N) is 1. The number of carboxylic acids is 1. The van der Waals surface area contributed by atoms with E-state index in [-0.39, 0.29) is 0 Å². The van der Waals surface area contributed by atoms with Gasteiger partial charge in [0.05, 0.1) is 0 Å². The van der Waals surface area contributed by atoms with Gasteiger partial charge in [0.25, 0.3) is 0 Å². The van der Waals surface area contributed by atoms with E-state index in [0.29, 0.717) is 18.5 Å². The van der Waals surface area contributed by atoms with Gasteiger partial charge in [0.15, 0.2) is 0 Å². The second-order valence-corrected chi connectivity index (χ2v) is 6.98. The monoisotopic (exact) mass is 299 g/mol. The minimum atomic E-state index is -0.800. The molecule has 0 aromatic heterocycles. The molecule has 1 aliphatic carbocycles. The number of aliphatic carboxylic acids is 1. The van der Waals surface area contributed by atoms with Crippen LogP contribution in [0, 0.1) is 0 Å². The maximum Gasteiger partial charge on any atom is 0.323 e. The molecule has 1 aliphatic rings. The molecule has 0 saturated heterocycles. The van der Waals surface area contributed by atoms with Gasteiger partial charge in [-0.2, -0.15) is 0 Å². The Labute approximate surface area is 129 Å². The van der Waals surface area contributed by atoms with Crippen molar-refractivity contribution in [2.24, 2.45) is 0 Å². The second kappa shape index (κ2) is 7.56. The Morgan fingerprint density at radius 2 is 1.95 bits per heavy atom. The van der Waals surface area contributed by atoms with Gasteiger partial charge in [-0.3, -0.25) is 4.79 Å². The van der Waals surface area contributed by atoms with Crippen LogP contribution in [-0.4, -0.2) is 72.7 Å². The van der Waals surface area contributed by atoms with Crippen molar-refractivity contribution in [3.8, 4) is 0 Å². The Balaban J connectivity index is 2.39. The van der Waals surface area contributed by atoms with Gasteiger partial charge in [0, 0.05) is 12.1 Å². The molecule has 2 N–H and O–H groups in total. The van der Waals surface area contributed by atoms with Crippen molar-refractivity contribution >= 4 is 5.97 Å². The van der Waals surface area contributed by atoms with E-state index in [9.17, 15) is 9.90 Å². The van der Waals surface area contributed by atoms with Crippen LogP contribution in [0.4, 0.5) is 0 Å².